The van der Waals surface area contributed by atoms with Crippen molar-refractivity contribution in [3.63, 3.8) is 0 Å². The second-order valence-electron chi connectivity index (χ2n) is 4.34. The lowest BCUT2D eigenvalue weighted by molar-refractivity contribution is -0.142. The summed E-state index contributed by atoms with van der Waals surface area (Å²) in [4.78, 5) is 22.8. The van der Waals surface area contributed by atoms with Crippen molar-refractivity contribution in [2.45, 2.75) is 26.3 Å². The van der Waals surface area contributed by atoms with Crippen LogP contribution in [0.5, 0.6) is 0 Å². The van der Waals surface area contributed by atoms with E-state index in [0.717, 1.165) is 5.56 Å². The van der Waals surface area contributed by atoms with Crippen LogP contribution in [0.1, 0.15) is 31.9 Å². The highest BCUT2D eigenvalue weighted by Gasteiger charge is 2.13. The van der Waals surface area contributed by atoms with E-state index in [0.29, 0.717) is 16.7 Å². The molecule has 2 N–H and O–H groups in total. The Bertz CT molecular complexity index is 509. The SMILES string of the molecule is CCOC(=O)CCNC(=O)N[C@@H](C)c1ccc(Cl)cc1Cl. The molecular weight excluding hydrogens is 315 g/mol. The van der Waals surface area contributed by atoms with Crippen molar-refractivity contribution >= 4 is 35.2 Å². The molecule has 1 aromatic carbocycles. The number of hydrogen-bond acceptors (Lipinski definition) is 3. The number of ether oxygens (including phenoxy) is 1. The van der Waals surface area contributed by atoms with Crippen molar-refractivity contribution in [3.8, 4) is 0 Å². The Morgan fingerprint density at radius 2 is 2.05 bits per heavy atom. The molecule has 2 amide bonds. The maximum Gasteiger partial charge on any atom is 0.315 e. The van der Waals surface area contributed by atoms with E-state index in [-0.39, 0.29) is 31.0 Å². The molecular formula is C14H18Cl2N2O3. The number of esters is 1. The van der Waals surface area contributed by atoms with Gasteiger partial charge in [0.1, 0.15) is 0 Å². The molecule has 0 aromatic heterocycles. The predicted octanol–water partition coefficient (Wildman–Crippen LogP) is 3.31. The highest BCUT2D eigenvalue weighted by Crippen LogP contribution is 2.25. The summed E-state index contributed by atoms with van der Waals surface area (Å²) in [5.74, 6) is -0.341. The molecule has 0 heterocycles. The van der Waals surface area contributed by atoms with E-state index in [4.69, 9.17) is 27.9 Å². The molecule has 0 bridgehead atoms. The minimum atomic E-state index is -0.377. The Morgan fingerprint density at radius 1 is 1.33 bits per heavy atom. The first-order valence-corrected chi connectivity index (χ1v) is 7.34. The van der Waals surface area contributed by atoms with Gasteiger partial charge < -0.3 is 15.4 Å². The van der Waals surface area contributed by atoms with Crippen LogP contribution in [0.4, 0.5) is 4.79 Å². The summed E-state index contributed by atoms with van der Waals surface area (Å²) in [6.07, 6.45) is 0.136. The van der Waals surface area contributed by atoms with Gasteiger partial charge in [0.25, 0.3) is 0 Å². The molecule has 21 heavy (non-hydrogen) atoms. The fourth-order valence-electron chi connectivity index (χ4n) is 1.69. The molecule has 1 aromatic rings. The van der Waals surface area contributed by atoms with E-state index in [2.05, 4.69) is 10.6 Å². The number of carbonyl (C=O) groups excluding carboxylic acids is 2. The van der Waals surface area contributed by atoms with Crippen molar-refractivity contribution in [1.82, 2.24) is 10.6 Å². The Kier molecular flexibility index (Phi) is 7.32. The lowest BCUT2D eigenvalue weighted by Gasteiger charge is -2.16. The van der Waals surface area contributed by atoms with E-state index < -0.39 is 0 Å². The molecule has 0 unspecified atom stereocenters. The normalized spacial score (nSPS) is 11.6. The van der Waals surface area contributed by atoms with Gasteiger partial charge in [-0.1, -0.05) is 29.3 Å². The second-order valence-corrected chi connectivity index (χ2v) is 5.19. The summed E-state index contributed by atoms with van der Waals surface area (Å²) in [5.41, 5.74) is 0.765. The number of benzene rings is 1. The summed E-state index contributed by atoms with van der Waals surface area (Å²) < 4.78 is 4.76. The van der Waals surface area contributed by atoms with E-state index in [9.17, 15) is 9.59 Å². The Hall–Kier alpha value is -1.46. The number of halogens is 2. The summed E-state index contributed by atoms with van der Waals surface area (Å²) >= 11 is 11.9. The number of amides is 2. The van der Waals surface area contributed by atoms with Crippen LogP contribution >= 0.6 is 23.2 Å². The number of rotatable bonds is 6. The monoisotopic (exact) mass is 332 g/mol. The van der Waals surface area contributed by atoms with Gasteiger partial charge in [-0.25, -0.2) is 4.79 Å². The fraction of sp³-hybridized carbons (Fsp3) is 0.429. The standard InChI is InChI=1S/C14H18Cl2N2O3/c1-3-21-13(19)6-7-17-14(20)18-9(2)11-5-4-10(15)8-12(11)16/h4-5,8-9H,3,6-7H2,1-2H3,(H2,17,18,20)/t9-/m0/s1. The third-order valence-corrected chi connectivity index (χ3v) is 3.26. The topological polar surface area (TPSA) is 67.4 Å². The fourth-order valence-corrected chi connectivity index (χ4v) is 2.26. The molecule has 0 fully saturated rings. The van der Waals surface area contributed by atoms with Gasteiger partial charge in [0.2, 0.25) is 0 Å². The first kappa shape index (κ1) is 17.6. The maximum atomic E-state index is 11.7. The Labute approximate surface area is 133 Å². The molecule has 5 nitrogen and oxygen atoms in total. The third kappa shape index (κ3) is 6.23. The first-order valence-electron chi connectivity index (χ1n) is 6.59. The van der Waals surface area contributed by atoms with Crippen molar-refractivity contribution in [2.24, 2.45) is 0 Å². The molecule has 0 aliphatic heterocycles. The largest absolute Gasteiger partial charge is 0.466 e. The molecule has 1 atom stereocenters. The van der Waals surface area contributed by atoms with Crippen LogP contribution in [0.2, 0.25) is 10.0 Å². The molecule has 7 heteroatoms. The minimum Gasteiger partial charge on any atom is -0.466 e. The van der Waals surface area contributed by atoms with Crippen molar-refractivity contribution in [3.05, 3.63) is 33.8 Å². The van der Waals surface area contributed by atoms with Gasteiger partial charge in [0.05, 0.1) is 19.1 Å². The molecule has 0 radical (unpaired) electrons. The summed E-state index contributed by atoms with van der Waals surface area (Å²) in [6.45, 7) is 4.08. The van der Waals surface area contributed by atoms with Crippen LogP contribution in [-0.4, -0.2) is 25.2 Å². The molecule has 0 spiro atoms. The molecule has 1 rings (SSSR count). The molecule has 0 saturated carbocycles. The highest BCUT2D eigenvalue weighted by atomic mass is 35.5. The minimum absolute atomic E-state index is 0.136. The average molecular weight is 333 g/mol. The van der Waals surface area contributed by atoms with Crippen molar-refractivity contribution in [1.29, 1.82) is 0 Å². The van der Waals surface area contributed by atoms with Gasteiger partial charge in [-0.2, -0.15) is 0 Å². The number of hydrogen-bond donors (Lipinski definition) is 2. The molecule has 0 saturated heterocycles. The zero-order chi connectivity index (χ0) is 15.8. The van der Waals surface area contributed by atoms with E-state index >= 15 is 0 Å². The van der Waals surface area contributed by atoms with Crippen LogP contribution in [0, 0.1) is 0 Å². The molecule has 0 aliphatic rings. The summed E-state index contributed by atoms with van der Waals surface area (Å²) in [7, 11) is 0. The van der Waals surface area contributed by atoms with Gasteiger partial charge in [0, 0.05) is 16.6 Å². The predicted molar refractivity (Wildman–Crippen MR) is 82.7 cm³/mol. The smallest absolute Gasteiger partial charge is 0.315 e. The number of urea groups is 1. The van der Waals surface area contributed by atoms with Gasteiger partial charge >= 0.3 is 12.0 Å². The van der Waals surface area contributed by atoms with E-state index in [1.165, 1.54) is 0 Å². The number of carbonyl (C=O) groups is 2. The van der Waals surface area contributed by atoms with Crippen LogP contribution in [0.25, 0.3) is 0 Å². The van der Waals surface area contributed by atoms with Crippen LogP contribution in [0.3, 0.4) is 0 Å². The lowest BCUT2D eigenvalue weighted by Crippen LogP contribution is -2.38. The zero-order valence-electron chi connectivity index (χ0n) is 11.9. The Morgan fingerprint density at radius 3 is 2.67 bits per heavy atom. The van der Waals surface area contributed by atoms with Gasteiger partial charge in [0.15, 0.2) is 0 Å². The zero-order valence-corrected chi connectivity index (χ0v) is 13.4. The quantitative estimate of drug-likeness (QED) is 0.785. The number of nitrogens with one attached hydrogen (secondary N) is 2. The molecule has 116 valence electrons. The lowest BCUT2D eigenvalue weighted by atomic mass is 10.1. The second kappa shape index (κ2) is 8.74. The van der Waals surface area contributed by atoms with E-state index in [1.54, 1.807) is 32.0 Å². The van der Waals surface area contributed by atoms with Gasteiger partial charge in [-0.3, -0.25) is 4.79 Å². The van der Waals surface area contributed by atoms with Crippen molar-refractivity contribution in [2.75, 3.05) is 13.2 Å². The van der Waals surface area contributed by atoms with Crippen LogP contribution in [0.15, 0.2) is 18.2 Å². The maximum absolute atomic E-state index is 11.7. The van der Waals surface area contributed by atoms with Crippen LogP contribution in [-0.2, 0) is 9.53 Å². The Balaban J connectivity index is 2.42. The summed E-state index contributed by atoms with van der Waals surface area (Å²) in [6, 6.07) is 4.43. The highest BCUT2D eigenvalue weighted by molar-refractivity contribution is 6.35. The van der Waals surface area contributed by atoms with Gasteiger partial charge in [-0.15, -0.1) is 0 Å². The van der Waals surface area contributed by atoms with Gasteiger partial charge in [-0.05, 0) is 31.5 Å². The van der Waals surface area contributed by atoms with Crippen molar-refractivity contribution < 1.29 is 14.3 Å². The van der Waals surface area contributed by atoms with E-state index in [1.807, 2.05) is 0 Å². The third-order valence-electron chi connectivity index (χ3n) is 2.70. The van der Waals surface area contributed by atoms with Crippen LogP contribution < -0.4 is 10.6 Å². The average Bonchev–Trinajstić information content (AvgIpc) is 2.38. The summed E-state index contributed by atoms with van der Waals surface area (Å²) in [5, 5.41) is 6.34. The molecule has 0 aliphatic carbocycles. The first-order chi connectivity index (χ1) is 9.93.